The molecule has 1 nitrogen and oxygen atoms in total. The second-order valence-electron chi connectivity index (χ2n) is 3.74. The van der Waals surface area contributed by atoms with Crippen LogP contribution < -0.4 is 5.73 Å². The molecule has 0 aliphatic rings. The second kappa shape index (κ2) is 4.94. The van der Waals surface area contributed by atoms with Crippen molar-refractivity contribution < 1.29 is 8.78 Å². The van der Waals surface area contributed by atoms with E-state index < -0.39 is 17.7 Å². The number of nitrogens with two attached hydrogens (primary N) is 1. The Morgan fingerprint density at radius 1 is 0.941 bits per heavy atom. The molecular formula is C13H10BrF2N. The fourth-order valence-corrected chi connectivity index (χ4v) is 2.06. The Morgan fingerprint density at radius 2 is 1.59 bits per heavy atom. The van der Waals surface area contributed by atoms with Crippen LogP contribution in [-0.2, 0) is 0 Å². The van der Waals surface area contributed by atoms with E-state index in [-0.39, 0.29) is 0 Å². The summed E-state index contributed by atoms with van der Waals surface area (Å²) in [5, 5.41) is 0. The third-order valence-electron chi connectivity index (χ3n) is 2.45. The highest BCUT2D eigenvalue weighted by atomic mass is 79.9. The maximum absolute atomic E-state index is 13.1. The summed E-state index contributed by atoms with van der Waals surface area (Å²) in [6.07, 6.45) is 0. The normalized spacial score (nSPS) is 12.5. The van der Waals surface area contributed by atoms with Gasteiger partial charge in [0.25, 0.3) is 0 Å². The van der Waals surface area contributed by atoms with Crippen molar-refractivity contribution in [3.63, 3.8) is 0 Å². The minimum Gasteiger partial charge on any atom is -0.320 e. The maximum Gasteiger partial charge on any atom is 0.126 e. The lowest BCUT2D eigenvalue weighted by Gasteiger charge is -2.13. The third-order valence-corrected chi connectivity index (χ3v) is 2.95. The molecule has 4 heteroatoms. The van der Waals surface area contributed by atoms with Crippen LogP contribution in [0.4, 0.5) is 8.78 Å². The van der Waals surface area contributed by atoms with E-state index in [0.717, 1.165) is 16.1 Å². The van der Waals surface area contributed by atoms with E-state index in [1.807, 2.05) is 24.3 Å². The second-order valence-corrected chi connectivity index (χ2v) is 4.65. The van der Waals surface area contributed by atoms with Gasteiger partial charge in [0, 0.05) is 10.5 Å². The van der Waals surface area contributed by atoms with Gasteiger partial charge in [-0.05, 0) is 35.4 Å². The number of hydrogen-bond donors (Lipinski definition) is 1. The molecule has 0 heterocycles. The minimum atomic E-state index is -0.620. The molecule has 0 saturated heterocycles. The molecule has 88 valence electrons. The lowest BCUT2D eigenvalue weighted by molar-refractivity contribution is 0.577. The third kappa shape index (κ3) is 2.90. The Labute approximate surface area is 106 Å². The van der Waals surface area contributed by atoms with E-state index in [4.69, 9.17) is 5.73 Å². The largest absolute Gasteiger partial charge is 0.320 e. The Kier molecular flexibility index (Phi) is 3.54. The average molecular weight is 298 g/mol. The first-order valence-electron chi connectivity index (χ1n) is 5.03. The zero-order valence-corrected chi connectivity index (χ0v) is 10.4. The van der Waals surface area contributed by atoms with Crippen LogP contribution in [0.5, 0.6) is 0 Å². The van der Waals surface area contributed by atoms with Crippen molar-refractivity contribution in [1.29, 1.82) is 0 Å². The van der Waals surface area contributed by atoms with Gasteiger partial charge in [-0.1, -0.05) is 28.1 Å². The highest BCUT2D eigenvalue weighted by Crippen LogP contribution is 2.23. The summed E-state index contributed by atoms with van der Waals surface area (Å²) in [5.41, 5.74) is 7.18. The monoisotopic (exact) mass is 297 g/mol. The number of hydrogen-bond acceptors (Lipinski definition) is 1. The van der Waals surface area contributed by atoms with Crippen molar-refractivity contribution in [3.8, 4) is 0 Å². The van der Waals surface area contributed by atoms with E-state index in [1.165, 1.54) is 12.1 Å². The van der Waals surface area contributed by atoms with Crippen molar-refractivity contribution in [2.75, 3.05) is 0 Å². The van der Waals surface area contributed by atoms with Crippen LogP contribution in [0.25, 0.3) is 0 Å². The first-order valence-corrected chi connectivity index (χ1v) is 5.82. The summed E-state index contributed by atoms with van der Waals surface area (Å²) < 4.78 is 27.0. The summed E-state index contributed by atoms with van der Waals surface area (Å²) in [4.78, 5) is 0. The number of benzene rings is 2. The molecule has 0 aliphatic carbocycles. The lowest BCUT2D eigenvalue weighted by atomic mass is 9.99. The molecule has 2 aromatic rings. The zero-order valence-electron chi connectivity index (χ0n) is 8.83. The molecule has 0 bridgehead atoms. The van der Waals surface area contributed by atoms with Gasteiger partial charge in [0.15, 0.2) is 0 Å². The molecule has 0 aliphatic heterocycles. The summed E-state index contributed by atoms with van der Waals surface area (Å²) in [5.74, 6) is -1.24. The standard InChI is InChI=1S/C13H10BrF2N/c14-10-3-1-2-8(4-10)13(17)9-5-11(15)7-12(16)6-9/h1-7,13H,17H2. The van der Waals surface area contributed by atoms with E-state index in [2.05, 4.69) is 15.9 Å². The Balaban J connectivity index is 2.39. The molecule has 0 aromatic heterocycles. The van der Waals surface area contributed by atoms with E-state index in [0.29, 0.717) is 5.56 Å². The van der Waals surface area contributed by atoms with Crippen LogP contribution in [0.3, 0.4) is 0 Å². The van der Waals surface area contributed by atoms with Crippen molar-refractivity contribution in [2.24, 2.45) is 5.73 Å². The molecule has 1 atom stereocenters. The SMILES string of the molecule is NC(c1cc(F)cc(F)c1)c1cccc(Br)c1. The van der Waals surface area contributed by atoms with E-state index >= 15 is 0 Å². The number of rotatable bonds is 2. The minimum absolute atomic E-state index is 0.417. The molecule has 0 saturated carbocycles. The molecule has 2 aromatic carbocycles. The van der Waals surface area contributed by atoms with Gasteiger partial charge in [-0.25, -0.2) is 8.78 Å². The van der Waals surface area contributed by atoms with Gasteiger partial charge in [-0.2, -0.15) is 0 Å². The number of halogens is 3. The van der Waals surface area contributed by atoms with Crippen LogP contribution >= 0.6 is 15.9 Å². The molecule has 2 rings (SSSR count). The quantitative estimate of drug-likeness (QED) is 0.897. The van der Waals surface area contributed by atoms with E-state index in [9.17, 15) is 8.78 Å². The summed E-state index contributed by atoms with van der Waals surface area (Å²) >= 11 is 3.33. The van der Waals surface area contributed by atoms with Gasteiger partial charge in [-0.3, -0.25) is 0 Å². The van der Waals surface area contributed by atoms with Gasteiger partial charge in [0.2, 0.25) is 0 Å². The van der Waals surface area contributed by atoms with E-state index in [1.54, 1.807) is 0 Å². The first-order chi connectivity index (χ1) is 8.06. The van der Waals surface area contributed by atoms with Crippen LogP contribution in [-0.4, -0.2) is 0 Å². The maximum atomic E-state index is 13.1. The highest BCUT2D eigenvalue weighted by molar-refractivity contribution is 9.10. The first kappa shape index (κ1) is 12.2. The fourth-order valence-electron chi connectivity index (χ4n) is 1.65. The zero-order chi connectivity index (χ0) is 12.4. The topological polar surface area (TPSA) is 26.0 Å². The summed E-state index contributed by atoms with van der Waals surface area (Å²) in [6, 6.07) is 10.1. The highest BCUT2D eigenvalue weighted by Gasteiger charge is 2.11. The van der Waals surface area contributed by atoms with Gasteiger partial charge < -0.3 is 5.73 Å². The van der Waals surface area contributed by atoms with Crippen LogP contribution in [0.2, 0.25) is 0 Å². The molecule has 2 N–H and O–H groups in total. The fraction of sp³-hybridized carbons (Fsp3) is 0.0769. The molecule has 0 radical (unpaired) electrons. The smallest absolute Gasteiger partial charge is 0.126 e. The van der Waals surface area contributed by atoms with Gasteiger partial charge in [0.1, 0.15) is 11.6 Å². The molecular weight excluding hydrogens is 288 g/mol. The predicted molar refractivity (Wildman–Crippen MR) is 66.5 cm³/mol. The molecule has 17 heavy (non-hydrogen) atoms. The Morgan fingerprint density at radius 3 is 2.18 bits per heavy atom. The van der Waals surface area contributed by atoms with Gasteiger partial charge in [0.05, 0.1) is 6.04 Å². The van der Waals surface area contributed by atoms with Crippen molar-refractivity contribution in [2.45, 2.75) is 6.04 Å². The molecule has 0 spiro atoms. The summed E-state index contributed by atoms with van der Waals surface area (Å²) in [7, 11) is 0. The lowest BCUT2D eigenvalue weighted by Crippen LogP contribution is -2.12. The van der Waals surface area contributed by atoms with Crippen LogP contribution in [0.15, 0.2) is 46.9 Å². The Bertz CT molecular complexity index is 522. The Hall–Kier alpha value is -1.26. The van der Waals surface area contributed by atoms with Gasteiger partial charge >= 0.3 is 0 Å². The van der Waals surface area contributed by atoms with Gasteiger partial charge in [-0.15, -0.1) is 0 Å². The molecule has 0 amide bonds. The summed E-state index contributed by atoms with van der Waals surface area (Å²) in [6.45, 7) is 0. The molecule has 0 fully saturated rings. The average Bonchev–Trinajstić information content (AvgIpc) is 2.26. The van der Waals surface area contributed by atoms with Crippen molar-refractivity contribution >= 4 is 15.9 Å². The van der Waals surface area contributed by atoms with Crippen molar-refractivity contribution in [3.05, 3.63) is 69.7 Å². The van der Waals surface area contributed by atoms with Crippen LogP contribution in [0.1, 0.15) is 17.2 Å². The predicted octanol–water partition coefficient (Wildman–Crippen LogP) is 3.78. The van der Waals surface area contributed by atoms with Crippen LogP contribution in [0, 0.1) is 11.6 Å². The van der Waals surface area contributed by atoms with Crippen molar-refractivity contribution in [1.82, 2.24) is 0 Å². The molecule has 1 unspecified atom stereocenters.